The van der Waals surface area contributed by atoms with Crippen LogP contribution >= 0.6 is 0 Å². The number of ether oxygens (including phenoxy) is 1. The van der Waals surface area contributed by atoms with Gasteiger partial charge < -0.3 is 15.0 Å². The highest BCUT2D eigenvalue weighted by atomic mass is 16.5. The normalized spacial score (nSPS) is 26.1. The third-order valence-corrected chi connectivity index (χ3v) is 4.03. The van der Waals surface area contributed by atoms with Gasteiger partial charge in [-0.15, -0.1) is 0 Å². The van der Waals surface area contributed by atoms with Crippen LogP contribution in [0.4, 0.5) is 0 Å². The highest BCUT2D eigenvalue weighted by molar-refractivity contribution is 4.81. The van der Waals surface area contributed by atoms with Crippen molar-refractivity contribution in [1.29, 1.82) is 0 Å². The summed E-state index contributed by atoms with van der Waals surface area (Å²) in [5.41, 5.74) is 0. The molecule has 16 heavy (non-hydrogen) atoms. The molecule has 3 heteroatoms. The van der Waals surface area contributed by atoms with Crippen molar-refractivity contribution in [2.45, 2.75) is 38.6 Å². The van der Waals surface area contributed by atoms with Crippen LogP contribution in [0.2, 0.25) is 0 Å². The van der Waals surface area contributed by atoms with E-state index in [4.69, 9.17) is 4.74 Å². The monoisotopic (exact) mass is 226 g/mol. The van der Waals surface area contributed by atoms with E-state index in [9.17, 15) is 0 Å². The molecule has 2 saturated heterocycles. The van der Waals surface area contributed by atoms with Crippen LogP contribution in [0.3, 0.4) is 0 Å². The lowest BCUT2D eigenvalue weighted by molar-refractivity contribution is 0.0548. The molecule has 2 aliphatic heterocycles. The van der Waals surface area contributed by atoms with Crippen molar-refractivity contribution in [3.63, 3.8) is 0 Å². The van der Waals surface area contributed by atoms with Crippen molar-refractivity contribution < 1.29 is 4.74 Å². The van der Waals surface area contributed by atoms with Gasteiger partial charge in [0.1, 0.15) is 0 Å². The van der Waals surface area contributed by atoms with Gasteiger partial charge in [-0.1, -0.05) is 0 Å². The zero-order chi connectivity index (χ0) is 11.2. The van der Waals surface area contributed by atoms with Gasteiger partial charge in [0.05, 0.1) is 0 Å². The van der Waals surface area contributed by atoms with Crippen molar-refractivity contribution in [3.8, 4) is 0 Å². The maximum atomic E-state index is 5.53. The van der Waals surface area contributed by atoms with Crippen LogP contribution in [-0.4, -0.2) is 50.3 Å². The Morgan fingerprint density at radius 2 is 1.81 bits per heavy atom. The molecule has 2 heterocycles. The molecule has 0 bridgehead atoms. The number of piperidine rings is 2. The number of rotatable bonds is 4. The molecule has 0 amide bonds. The highest BCUT2D eigenvalue weighted by Gasteiger charge is 2.25. The Morgan fingerprint density at radius 3 is 2.44 bits per heavy atom. The Morgan fingerprint density at radius 1 is 1.12 bits per heavy atom. The summed E-state index contributed by atoms with van der Waals surface area (Å²) in [6, 6.07) is 0.856. The average Bonchev–Trinajstić information content (AvgIpc) is 2.38. The van der Waals surface area contributed by atoms with E-state index in [0.717, 1.165) is 25.2 Å². The third kappa shape index (κ3) is 3.44. The molecule has 0 saturated carbocycles. The van der Waals surface area contributed by atoms with Gasteiger partial charge in [-0.2, -0.15) is 0 Å². The summed E-state index contributed by atoms with van der Waals surface area (Å²) in [4.78, 5) is 2.71. The van der Waals surface area contributed by atoms with Crippen LogP contribution in [0.15, 0.2) is 0 Å². The molecule has 0 unspecified atom stereocenters. The van der Waals surface area contributed by atoms with Crippen LogP contribution in [0.25, 0.3) is 0 Å². The molecule has 94 valence electrons. The van der Waals surface area contributed by atoms with Gasteiger partial charge in [-0.3, -0.25) is 0 Å². The second-order valence-corrected chi connectivity index (χ2v) is 5.12. The second-order valence-electron chi connectivity index (χ2n) is 5.12. The fourth-order valence-electron chi connectivity index (χ4n) is 2.94. The lowest BCUT2D eigenvalue weighted by Crippen LogP contribution is -2.46. The SMILES string of the molecule is CCOCC1CCN(C2CCNCC2)CC1. The first-order chi connectivity index (χ1) is 7.90. The first-order valence-corrected chi connectivity index (χ1v) is 6.92. The molecule has 0 radical (unpaired) electrons. The van der Waals surface area contributed by atoms with Gasteiger partial charge >= 0.3 is 0 Å². The van der Waals surface area contributed by atoms with Crippen molar-refractivity contribution in [3.05, 3.63) is 0 Å². The van der Waals surface area contributed by atoms with E-state index >= 15 is 0 Å². The summed E-state index contributed by atoms with van der Waals surface area (Å²) in [6.45, 7) is 8.95. The van der Waals surface area contributed by atoms with Gasteiger partial charge in [0.25, 0.3) is 0 Å². The zero-order valence-electron chi connectivity index (χ0n) is 10.6. The number of nitrogens with zero attached hydrogens (tertiary/aromatic N) is 1. The highest BCUT2D eigenvalue weighted by Crippen LogP contribution is 2.22. The first kappa shape index (κ1) is 12.3. The van der Waals surface area contributed by atoms with E-state index in [1.54, 1.807) is 0 Å². The van der Waals surface area contributed by atoms with Crippen molar-refractivity contribution in [1.82, 2.24) is 10.2 Å². The Bertz CT molecular complexity index is 184. The lowest BCUT2D eigenvalue weighted by atomic mass is 9.94. The fourth-order valence-corrected chi connectivity index (χ4v) is 2.94. The molecular weight excluding hydrogens is 200 g/mol. The molecule has 0 aliphatic carbocycles. The van der Waals surface area contributed by atoms with Gasteiger partial charge in [-0.05, 0) is 64.7 Å². The van der Waals surface area contributed by atoms with Crippen LogP contribution in [-0.2, 0) is 4.74 Å². The predicted octanol–water partition coefficient (Wildman–Crippen LogP) is 1.49. The minimum atomic E-state index is 0.818. The van der Waals surface area contributed by atoms with Gasteiger partial charge in [0.15, 0.2) is 0 Å². The smallest absolute Gasteiger partial charge is 0.0495 e. The summed E-state index contributed by atoms with van der Waals surface area (Å²) in [5, 5.41) is 3.44. The third-order valence-electron chi connectivity index (χ3n) is 4.03. The molecule has 2 rings (SSSR count). The van der Waals surface area contributed by atoms with E-state index in [-0.39, 0.29) is 0 Å². The Hall–Kier alpha value is -0.120. The minimum Gasteiger partial charge on any atom is -0.381 e. The standard InChI is InChI=1S/C13H26N2O/c1-2-16-11-12-5-9-15(10-6-12)13-3-7-14-8-4-13/h12-14H,2-11H2,1H3. The summed E-state index contributed by atoms with van der Waals surface area (Å²) in [5.74, 6) is 0.818. The summed E-state index contributed by atoms with van der Waals surface area (Å²) < 4.78 is 5.53. The van der Waals surface area contributed by atoms with Gasteiger partial charge in [0.2, 0.25) is 0 Å². The van der Waals surface area contributed by atoms with E-state index in [0.29, 0.717) is 0 Å². The minimum absolute atomic E-state index is 0.818. The summed E-state index contributed by atoms with van der Waals surface area (Å²) in [7, 11) is 0. The van der Waals surface area contributed by atoms with Crippen molar-refractivity contribution in [2.75, 3.05) is 39.4 Å². The van der Waals surface area contributed by atoms with Crippen LogP contribution in [0.5, 0.6) is 0 Å². The molecule has 2 aliphatic rings. The number of hydrogen-bond acceptors (Lipinski definition) is 3. The zero-order valence-corrected chi connectivity index (χ0v) is 10.6. The van der Waals surface area contributed by atoms with Gasteiger partial charge in [-0.25, -0.2) is 0 Å². The molecule has 0 spiro atoms. The Balaban J connectivity index is 1.67. The molecule has 0 aromatic heterocycles. The average molecular weight is 226 g/mol. The van der Waals surface area contributed by atoms with E-state index in [1.807, 2.05) is 0 Å². The van der Waals surface area contributed by atoms with E-state index < -0.39 is 0 Å². The van der Waals surface area contributed by atoms with Gasteiger partial charge in [0, 0.05) is 19.3 Å². The molecule has 0 aromatic carbocycles. The number of hydrogen-bond donors (Lipinski definition) is 1. The maximum absolute atomic E-state index is 5.53. The number of nitrogens with one attached hydrogen (secondary N) is 1. The largest absolute Gasteiger partial charge is 0.381 e. The van der Waals surface area contributed by atoms with E-state index in [1.165, 1.54) is 51.9 Å². The molecule has 3 nitrogen and oxygen atoms in total. The topological polar surface area (TPSA) is 24.5 Å². The summed E-state index contributed by atoms with van der Waals surface area (Å²) >= 11 is 0. The Labute approximate surface area is 99.5 Å². The van der Waals surface area contributed by atoms with Crippen LogP contribution < -0.4 is 5.32 Å². The second kappa shape index (κ2) is 6.58. The molecular formula is C13H26N2O. The maximum Gasteiger partial charge on any atom is 0.0495 e. The van der Waals surface area contributed by atoms with Crippen molar-refractivity contribution in [2.24, 2.45) is 5.92 Å². The summed E-state index contributed by atoms with van der Waals surface area (Å²) in [6.07, 6.45) is 5.36. The molecule has 0 atom stereocenters. The quantitative estimate of drug-likeness (QED) is 0.786. The Kier molecular flexibility index (Phi) is 5.07. The molecule has 1 N–H and O–H groups in total. The van der Waals surface area contributed by atoms with E-state index in [2.05, 4.69) is 17.1 Å². The first-order valence-electron chi connectivity index (χ1n) is 6.92. The fraction of sp³-hybridized carbons (Fsp3) is 1.00. The van der Waals surface area contributed by atoms with Crippen molar-refractivity contribution >= 4 is 0 Å². The lowest BCUT2D eigenvalue weighted by Gasteiger charge is -2.39. The van der Waals surface area contributed by atoms with Crippen LogP contribution in [0, 0.1) is 5.92 Å². The number of likely N-dealkylation sites (tertiary alicyclic amines) is 1. The molecule has 0 aromatic rings. The molecule has 2 fully saturated rings. The van der Waals surface area contributed by atoms with Crippen LogP contribution in [0.1, 0.15) is 32.6 Å². The predicted molar refractivity (Wildman–Crippen MR) is 66.7 cm³/mol.